The topological polar surface area (TPSA) is 55.4 Å². The van der Waals surface area contributed by atoms with Crippen LogP contribution in [-0.2, 0) is 22.0 Å². The first-order valence-corrected chi connectivity index (χ1v) is 9.89. The fraction of sp³-hybridized carbons (Fsp3) is 0.769. The Morgan fingerprint density at radius 3 is 2.90 bits per heavy atom. The molecule has 2 fully saturated rings. The Kier molecular flexibility index (Phi) is 4.58. The lowest BCUT2D eigenvalue weighted by Crippen LogP contribution is -2.54. The van der Waals surface area contributed by atoms with Crippen molar-refractivity contribution >= 4 is 22.0 Å². The van der Waals surface area contributed by atoms with E-state index in [0.717, 1.165) is 37.4 Å². The average Bonchev–Trinajstić information content (AvgIpc) is 2.95. The summed E-state index contributed by atoms with van der Waals surface area (Å²) in [6, 6.07) is -0.0539. The molecule has 2 saturated heterocycles. The second kappa shape index (κ2) is 6.28. The van der Waals surface area contributed by atoms with Crippen LogP contribution in [0.5, 0.6) is 0 Å². The minimum Gasteiger partial charge on any atom is -0.377 e. The van der Waals surface area contributed by atoms with Gasteiger partial charge in [0.05, 0.1) is 19.2 Å². The molecule has 0 bridgehead atoms. The molecule has 0 saturated carbocycles. The van der Waals surface area contributed by atoms with E-state index in [4.69, 9.17) is 4.74 Å². The van der Waals surface area contributed by atoms with Gasteiger partial charge in [-0.05, 0) is 19.3 Å². The SMILES string of the molecule is C[n+]1ccn(S(=O)(=O)N2CCSCC2C2CCCCO2)c1. The molecule has 6 nitrogen and oxygen atoms in total. The molecule has 1 aromatic rings. The monoisotopic (exact) mass is 332 g/mol. The van der Waals surface area contributed by atoms with Gasteiger partial charge in [0.1, 0.15) is 12.4 Å². The summed E-state index contributed by atoms with van der Waals surface area (Å²) in [4.78, 5) is 0. The third-order valence-electron chi connectivity index (χ3n) is 4.07. The molecule has 0 amide bonds. The lowest BCUT2D eigenvalue weighted by molar-refractivity contribution is -0.670. The van der Waals surface area contributed by atoms with E-state index >= 15 is 0 Å². The second-order valence-corrected chi connectivity index (χ2v) is 8.51. The van der Waals surface area contributed by atoms with Gasteiger partial charge >= 0.3 is 10.2 Å². The summed E-state index contributed by atoms with van der Waals surface area (Å²) in [6.45, 7) is 1.30. The van der Waals surface area contributed by atoms with Crippen LogP contribution in [0.4, 0.5) is 0 Å². The Hall–Kier alpha value is -0.570. The van der Waals surface area contributed by atoms with E-state index in [2.05, 4.69) is 0 Å². The number of aromatic nitrogens is 2. The van der Waals surface area contributed by atoms with Crippen LogP contribution in [0.15, 0.2) is 18.7 Å². The Morgan fingerprint density at radius 1 is 1.38 bits per heavy atom. The predicted octanol–water partition coefficient (Wildman–Crippen LogP) is 0.392. The molecule has 0 aliphatic carbocycles. The summed E-state index contributed by atoms with van der Waals surface area (Å²) in [6.07, 6.45) is 8.12. The smallest absolute Gasteiger partial charge is 0.377 e. The molecule has 0 N–H and O–H groups in total. The summed E-state index contributed by atoms with van der Waals surface area (Å²) in [5, 5.41) is 0. The van der Waals surface area contributed by atoms with Gasteiger partial charge in [-0.15, -0.1) is 3.97 Å². The normalized spacial score (nSPS) is 28.6. The molecule has 2 atom stereocenters. The molecule has 21 heavy (non-hydrogen) atoms. The van der Waals surface area contributed by atoms with Crippen molar-refractivity contribution in [2.45, 2.75) is 31.4 Å². The maximum Gasteiger partial charge on any atom is 0.380 e. The minimum absolute atomic E-state index is 0.0330. The molecule has 2 unspecified atom stereocenters. The number of aryl methyl sites for hydroxylation is 1. The first-order chi connectivity index (χ1) is 10.1. The van der Waals surface area contributed by atoms with Crippen molar-refractivity contribution in [3.63, 3.8) is 0 Å². The van der Waals surface area contributed by atoms with Crippen molar-refractivity contribution in [1.82, 2.24) is 8.28 Å². The lowest BCUT2D eigenvalue weighted by Gasteiger charge is -2.38. The van der Waals surface area contributed by atoms with E-state index < -0.39 is 10.2 Å². The molecule has 1 aromatic heterocycles. The maximum atomic E-state index is 12.9. The highest BCUT2D eigenvalue weighted by molar-refractivity contribution is 7.99. The number of hydrogen-bond donors (Lipinski definition) is 0. The Labute approximate surface area is 130 Å². The van der Waals surface area contributed by atoms with Gasteiger partial charge < -0.3 is 4.74 Å². The van der Waals surface area contributed by atoms with Crippen molar-refractivity contribution in [2.75, 3.05) is 24.7 Å². The van der Waals surface area contributed by atoms with E-state index in [0.29, 0.717) is 6.54 Å². The highest BCUT2D eigenvalue weighted by atomic mass is 32.2. The minimum atomic E-state index is -3.50. The molecule has 3 heterocycles. The van der Waals surface area contributed by atoms with Gasteiger partial charge in [-0.2, -0.15) is 24.5 Å². The number of hydrogen-bond acceptors (Lipinski definition) is 4. The van der Waals surface area contributed by atoms with Gasteiger partial charge in [0, 0.05) is 24.7 Å². The Bertz CT molecular complexity index is 581. The van der Waals surface area contributed by atoms with Crippen molar-refractivity contribution in [2.24, 2.45) is 7.05 Å². The predicted molar refractivity (Wildman–Crippen MR) is 81.3 cm³/mol. The van der Waals surface area contributed by atoms with Crippen molar-refractivity contribution in [3.8, 4) is 0 Å². The third-order valence-corrected chi connectivity index (χ3v) is 6.91. The number of thioether (sulfide) groups is 1. The average molecular weight is 332 g/mol. The summed E-state index contributed by atoms with van der Waals surface area (Å²) < 4.78 is 36.3. The van der Waals surface area contributed by atoms with Crippen LogP contribution < -0.4 is 4.57 Å². The lowest BCUT2D eigenvalue weighted by atomic mass is 10.0. The highest BCUT2D eigenvalue weighted by Crippen LogP contribution is 2.28. The largest absolute Gasteiger partial charge is 0.380 e. The molecular weight excluding hydrogens is 310 g/mol. The van der Waals surface area contributed by atoms with Crippen LogP contribution in [0, 0.1) is 0 Å². The zero-order chi connectivity index (χ0) is 14.9. The molecular formula is C13H22N3O3S2+. The molecule has 2 aliphatic heterocycles. The van der Waals surface area contributed by atoms with Crippen LogP contribution in [0.2, 0.25) is 0 Å². The molecule has 0 radical (unpaired) electrons. The maximum absolute atomic E-state index is 12.9. The van der Waals surface area contributed by atoms with E-state index in [9.17, 15) is 8.42 Å². The Balaban J connectivity index is 1.86. The summed E-state index contributed by atoms with van der Waals surface area (Å²) in [5.41, 5.74) is 0. The number of imidazole rings is 1. The third kappa shape index (κ3) is 3.13. The molecule has 0 spiro atoms. The highest BCUT2D eigenvalue weighted by Gasteiger charge is 2.41. The fourth-order valence-electron chi connectivity index (χ4n) is 2.94. The Morgan fingerprint density at radius 2 is 2.24 bits per heavy atom. The standard InChI is InChI=1S/C13H22N3O3S2/c1-14-5-6-15(11-14)21(17,18)16-7-9-20-10-12(16)13-4-2-3-8-19-13/h5-6,11-13H,2-4,7-10H2,1H3/q+1. The van der Waals surface area contributed by atoms with Crippen molar-refractivity contribution < 1.29 is 17.7 Å². The molecule has 8 heteroatoms. The van der Waals surface area contributed by atoms with Gasteiger partial charge in [-0.3, -0.25) is 0 Å². The number of nitrogens with zero attached hydrogens (tertiary/aromatic N) is 3. The summed E-state index contributed by atoms with van der Waals surface area (Å²) in [5.74, 6) is 1.66. The van der Waals surface area contributed by atoms with Gasteiger partial charge in [0.25, 0.3) is 6.33 Å². The zero-order valence-corrected chi connectivity index (χ0v) is 13.9. The van der Waals surface area contributed by atoms with Gasteiger partial charge in [-0.1, -0.05) is 0 Å². The van der Waals surface area contributed by atoms with Gasteiger partial charge in [0.2, 0.25) is 0 Å². The van der Waals surface area contributed by atoms with E-state index in [1.807, 2.05) is 18.8 Å². The van der Waals surface area contributed by atoms with Crippen molar-refractivity contribution in [1.29, 1.82) is 0 Å². The molecule has 3 rings (SSSR count). The molecule has 0 aromatic carbocycles. The fourth-order valence-corrected chi connectivity index (χ4v) is 5.87. The van der Waals surface area contributed by atoms with Gasteiger partial charge in [-0.25, -0.2) is 4.57 Å². The first-order valence-electron chi connectivity index (χ1n) is 7.34. The van der Waals surface area contributed by atoms with Crippen LogP contribution in [0.3, 0.4) is 0 Å². The number of ether oxygens (including phenoxy) is 1. The van der Waals surface area contributed by atoms with E-state index in [-0.39, 0.29) is 12.1 Å². The second-order valence-electron chi connectivity index (χ2n) is 5.57. The van der Waals surface area contributed by atoms with Crippen LogP contribution in [0.25, 0.3) is 0 Å². The number of rotatable bonds is 3. The molecule has 118 valence electrons. The zero-order valence-electron chi connectivity index (χ0n) is 12.2. The van der Waals surface area contributed by atoms with Crippen LogP contribution in [0.1, 0.15) is 19.3 Å². The van der Waals surface area contributed by atoms with E-state index in [1.54, 1.807) is 27.6 Å². The molecule has 2 aliphatic rings. The van der Waals surface area contributed by atoms with Crippen LogP contribution >= 0.6 is 11.8 Å². The quantitative estimate of drug-likeness (QED) is 0.752. The van der Waals surface area contributed by atoms with E-state index in [1.165, 1.54) is 3.97 Å². The summed E-state index contributed by atoms with van der Waals surface area (Å²) >= 11 is 1.82. The van der Waals surface area contributed by atoms with Crippen molar-refractivity contribution in [3.05, 3.63) is 18.7 Å². The van der Waals surface area contributed by atoms with Gasteiger partial charge in [0.15, 0.2) is 0 Å². The van der Waals surface area contributed by atoms with Crippen LogP contribution in [-0.4, -0.2) is 53.5 Å². The first kappa shape index (κ1) is 15.3. The summed E-state index contributed by atoms with van der Waals surface area (Å²) in [7, 11) is -1.68.